The van der Waals surface area contributed by atoms with E-state index in [1.165, 1.54) is 0 Å². The van der Waals surface area contributed by atoms with Crippen LogP contribution >= 0.6 is 0 Å². The molecule has 0 saturated carbocycles. The summed E-state index contributed by atoms with van der Waals surface area (Å²) in [7, 11) is 0. The Morgan fingerprint density at radius 1 is 0.875 bits per heavy atom. The molecule has 0 atom stereocenters. The molecule has 0 unspecified atom stereocenters. The SMILES string of the molecule is Cc1ccc(COc2c([N+](=O)[O-])cc([N+](=O)[O-])cc2[N+](=O)[O-])cc1. The van der Waals surface area contributed by atoms with E-state index in [1.54, 1.807) is 24.3 Å². The minimum atomic E-state index is -0.954. The van der Waals surface area contributed by atoms with Gasteiger partial charge in [0.15, 0.2) is 0 Å². The van der Waals surface area contributed by atoms with E-state index in [1.807, 2.05) is 6.92 Å². The molecule has 0 amide bonds. The zero-order chi connectivity index (χ0) is 17.9. The van der Waals surface area contributed by atoms with Crippen LogP contribution in [-0.4, -0.2) is 14.8 Å². The Bertz CT molecular complexity index is 783. The summed E-state index contributed by atoms with van der Waals surface area (Å²) in [5.41, 5.74) is -0.782. The molecule has 24 heavy (non-hydrogen) atoms. The van der Waals surface area contributed by atoms with Crippen LogP contribution < -0.4 is 4.74 Å². The summed E-state index contributed by atoms with van der Waals surface area (Å²) in [6.07, 6.45) is 0. The Morgan fingerprint density at radius 3 is 1.79 bits per heavy atom. The molecule has 2 aromatic rings. The summed E-state index contributed by atoms with van der Waals surface area (Å²) in [5, 5.41) is 33.0. The van der Waals surface area contributed by atoms with Gasteiger partial charge in [0.2, 0.25) is 0 Å². The van der Waals surface area contributed by atoms with Gasteiger partial charge in [-0.15, -0.1) is 0 Å². The van der Waals surface area contributed by atoms with E-state index < -0.39 is 37.6 Å². The van der Waals surface area contributed by atoms with Crippen LogP contribution in [0.4, 0.5) is 17.1 Å². The van der Waals surface area contributed by atoms with Crippen molar-refractivity contribution in [2.24, 2.45) is 0 Å². The van der Waals surface area contributed by atoms with Gasteiger partial charge in [-0.1, -0.05) is 29.8 Å². The molecule has 124 valence electrons. The Hall–Kier alpha value is -3.56. The standard InChI is InChI=1S/C14H11N3O7/c1-9-2-4-10(5-3-9)8-24-14-12(16(20)21)6-11(15(18)19)7-13(14)17(22)23/h2-7H,8H2,1H3. The van der Waals surface area contributed by atoms with Crippen LogP contribution in [0.15, 0.2) is 36.4 Å². The zero-order valence-corrected chi connectivity index (χ0v) is 12.4. The van der Waals surface area contributed by atoms with E-state index >= 15 is 0 Å². The fourth-order valence-corrected chi connectivity index (χ4v) is 1.95. The second-order valence-corrected chi connectivity index (χ2v) is 4.86. The molecule has 2 aromatic carbocycles. The van der Waals surface area contributed by atoms with Gasteiger partial charge in [0.25, 0.3) is 11.4 Å². The highest BCUT2D eigenvalue weighted by molar-refractivity contribution is 5.65. The number of nitro benzene ring substituents is 3. The smallest absolute Gasteiger partial charge is 0.325 e. The number of benzene rings is 2. The summed E-state index contributed by atoms with van der Waals surface area (Å²) >= 11 is 0. The van der Waals surface area contributed by atoms with Crippen LogP contribution in [0, 0.1) is 37.3 Å². The quantitative estimate of drug-likeness (QED) is 0.583. The van der Waals surface area contributed by atoms with Gasteiger partial charge in [0.1, 0.15) is 6.61 Å². The lowest BCUT2D eigenvalue weighted by molar-refractivity contribution is -0.404. The number of ether oxygens (including phenoxy) is 1. The third-order valence-corrected chi connectivity index (χ3v) is 3.14. The number of rotatable bonds is 6. The Kier molecular flexibility index (Phi) is 4.68. The van der Waals surface area contributed by atoms with Crippen LogP contribution in [0.3, 0.4) is 0 Å². The zero-order valence-electron chi connectivity index (χ0n) is 12.4. The van der Waals surface area contributed by atoms with E-state index in [0.717, 1.165) is 5.56 Å². The fourth-order valence-electron chi connectivity index (χ4n) is 1.95. The van der Waals surface area contributed by atoms with Gasteiger partial charge >= 0.3 is 11.4 Å². The molecule has 10 heteroatoms. The molecule has 0 aliphatic rings. The molecular weight excluding hydrogens is 322 g/mol. The van der Waals surface area contributed by atoms with Gasteiger partial charge < -0.3 is 4.74 Å². The molecule has 0 spiro atoms. The number of aryl methyl sites for hydroxylation is 1. The number of hydrogen-bond donors (Lipinski definition) is 0. The lowest BCUT2D eigenvalue weighted by atomic mass is 10.1. The molecule has 10 nitrogen and oxygen atoms in total. The van der Waals surface area contributed by atoms with Gasteiger partial charge in [0.05, 0.1) is 26.9 Å². The first-order valence-corrected chi connectivity index (χ1v) is 6.59. The first-order valence-electron chi connectivity index (χ1n) is 6.59. The largest absolute Gasteiger partial charge is 0.477 e. The van der Waals surface area contributed by atoms with Crippen LogP contribution in [0.1, 0.15) is 11.1 Å². The first-order chi connectivity index (χ1) is 11.3. The van der Waals surface area contributed by atoms with Gasteiger partial charge in [0, 0.05) is 0 Å². The summed E-state index contributed by atoms with van der Waals surface area (Å²) < 4.78 is 5.25. The molecule has 2 rings (SSSR count). The summed E-state index contributed by atoms with van der Waals surface area (Å²) in [4.78, 5) is 30.2. The Labute approximate surface area is 134 Å². The normalized spacial score (nSPS) is 10.2. The van der Waals surface area contributed by atoms with Crippen LogP contribution in [0.25, 0.3) is 0 Å². The highest BCUT2D eigenvalue weighted by atomic mass is 16.6. The molecule has 0 fully saturated rings. The second-order valence-electron chi connectivity index (χ2n) is 4.86. The van der Waals surface area contributed by atoms with Gasteiger partial charge in [-0.05, 0) is 12.5 Å². The molecule has 0 radical (unpaired) electrons. The molecule has 0 aromatic heterocycles. The van der Waals surface area contributed by atoms with E-state index in [2.05, 4.69) is 0 Å². The molecule has 0 heterocycles. The van der Waals surface area contributed by atoms with Crippen molar-refractivity contribution < 1.29 is 19.5 Å². The third kappa shape index (κ3) is 3.61. The highest BCUT2D eigenvalue weighted by Crippen LogP contribution is 2.40. The molecule has 0 aliphatic carbocycles. The molecule has 0 aliphatic heterocycles. The van der Waals surface area contributed by atoms with Crippen molar-refractivity contribution in [3.8, 4) is 5.75 Å². The average molecular weight is 333 g/mol. The maximum Gasteiger partial charge on any atom is 0.325 e. The van der Waals surface area contributed by atoms with Crippen LogP contribution in [-0.2, 0) is 6.61 Å². The van der Waals surface area contributed by atoms with Crippen molar-refractivity contribution in [3.63, 3.8) is 0 Å². The average Bonchev–Trinajstić information content (AvgIpc) is 2.53. The van der Waals surface area contributed by atoms with Crippen molar-refractivity contribution in [1.29, 1.82) is 0 Å². The van der Waals surface area contributed by atoms with Gasteiger partial charge in [-0.2, -0.15) is 0 Å². The van der Waals surface area contributed by atoms with Crippen LogP contribution in [0.2, 0.25) is 0 Å². The van der Waals surface area contributed by atoms with E-state index in [9.17, 15) is 30.3 Å². The molecule has 0 N–H and O–H groups in total. The van der Waals surface area contributed by atoms with Gasteiger partial charge in [-0.3, -0.25) is 30.3 Å². The first kappa shape index (κ1) is 16.8. The lowest BCUT2D eigenvalue weighted by Gasteiger charge is -2.08. The number of hydrogen-bond acceptors (Lipinski definition) is 7. The van der Waals surface area contributed by atoms with Crippen molar-refractivity contribution in [2.75, 3.05) is 0 Å². The minimum absolute atomic E-state index is 0.153. The van der Waals surface area contributed by atoms with E-state index in [-0.39, 0.29) is 6.61 Å². The van der Waals surface area contributed by atoms with Crippen molar-refractivity contribution >= 4 is 17.1 Å². The predicted octanol–water partition coefficient (Wildman–Crippen LogP) is 3.30. The van der Waals surface area contributed by atoms with E-state index in [4.69, 9.17) is 4.74 Å². The Balaban J connectivity index is 2.45. The maximum atomic E-state index is 11.1. The lowest BCUT2D eigenvalue weighted by Crippen LogP contribution is -2.04. The number of nitro groups is 3. The van der Waals surface area contributed by atoms with Crippen molar-refractivity contribution in [1.82, 2.24) is 0 Å². The minimum Gasteiger partial charge on any atom is -0.477 e. The summed E-state index contributed by atoms with van der Waals surface area (Å²) in [5.74, 6) is -0.615. The topological polar surface area (TPSA) is 139 Å². The Morgan fingerprint density at radius 2 is 1.38 bits per heavy atom. The summed E-state index contributed by atoms with van der Waals surface area (Å²) in [6, 6.07) is 8.26. The summed E-state index contributed by atoms with van der Waals surface area (Å²) in [6.45, 7) is 1.72. The molecular formula is C14H11N3O7. The number of nitrogens with zero attached hydrogens (tertiary/aromatic N) is 3. The highest BCUT2D eigenvalue weighted by Gasteiger charge is 2.32. The molecule has 0 saturated heterocycles. The maximum absolute atomic E-state index is 11.1. The van der Waals surface area contributed by atoms with Crippen molar-refractivity contribution in [2.45, 2.75) is 13.5 Å². The second kappa shape index (κ2) is 6.69. The van der Waals surface area contributed by atoms with Gasteiger partial charge in [-0.25, -0.2) is 0 Å². The van der Waals surface area contributed by atoms with E-state index in [0.29, 0.717) is 17.7 Å². The van der Waals surface area contributed by atoms with Crippen LogP contribution in [0.5, 0.6) is 5.75 Å². The van der Waals surface area contributed by atoms with Crippen molar-refractivity contribution in [3.05, 3.63) is 77.9 Å². The molecule has 0 bridgehead atoms. The number of non-ortho nitro benzene ring substituents is 1. The third-order valence-electron chi connectivity index (χ3n) is 3.14. The fraction of sp³-hybridized carbons (Fsp3) is 0.143. The monoisotopic (exact) mass is 333 g/mol. The predicted molar refractivity (Wildman–Crippen MR) is 81.9 cm³/mol.